The van der Waals surface area contributed by atoms with E-state index in [1.54, 1.807) is 0 Å². The van der Waals surface area contributed by atoms with Gasteiger partial charge in [-0.15, -0.1) is 4.31 Å². The maximum atomic E-state index is 14.7. The quantitative estimate of drug-likeness (QED) is 0.0727. The first kappa shape index (κ1) is 40.6. The molecule has 43 heavy (non-hydrogen) atoms. The molecular weight excluding hydrogens is 701 g/mol. The first-order valence-corrected chi connectivity index (χ1v) is 11.1. The second kappa shape index (κ2) is 10.6. The van der Waals surface area contributed by atoms with Crippen LogP contribution in [0.5, 0.6) is 0 Å². The molecule has 0 aliphatic carbocycles. The lowest BCUT2D eigenvalue weighted by Crippen LogP contribution is -2.76. The normalized spacial score (nSPS) is 17.1. The van der Waals surface area contributed by atoms with E-state index >= 15 is 0 Å². The Morgan fingerprint density at radius 1 is 0.605 bits per heavy atom. The van der Waals surface area contributed by atoms with Gasteiger partial charge in [0.15, 0.2) is 0 Å². The number of carbonyl (C=O) groups is 1. The highest BCUT2D eigenvalue weighted by atomic mass is 32.2. The Hall–Kier alpha value is -2.35. The van der Waals surface area contributed by atoms with Crippen molar-refractivity contribution in [2.45, 2.75) is 73.0 Å². The molecule has 0 heterocycles. The molecular formula is C16H10F21NO4S. The fourth-order valence-electron chi connectivity index (χ4n) is 2.44. The van der Waals surface area contributed by atoms with Gasteiger partial charge in [0, 0.05) is 12.1 Å². The topological polar surface area (TPSA) is 63.7 Å². The molecule has 0 aromatic carbocycles. The van der Waals surface area contributed by atoms with Crippen LogP contribution in [-0.2, 0) is 19.6 Å². The summed E-state index contributed by atoms with van der Waals surface area (Å²) in [5.74, 6) is -63.6. The molecule has 0 bridgehead atoms. The SMILES string of the molecule is C=C(C)C(=O)OC(F)(N(CC)S(=O)(=O)C(F)(F)C(F)(F)C(F)(F)C(F)(F)C(F)(F)C(F)(F)C(F)(F)C(F)(F)F)C(F)(F)F. The fraction of sp³-hybridized carbons (Fsp3) is 0.812. The van der Waals surface area contributed by atoms with Crippen molar-refractivity contribution < 1.29 is 110 Å². The zero-order valence-corrected chi connectivity index (χ0v) is 20.7. The Kier molecular flexibility index (Phi) is 10.0. The number of carbonyl (C=O) groups excluding carboxylic acids is 1. The highest BCUT2D eigenvalue weighted by Gasteiger charge is 2.96. The minimum atomic E-state index is -9.28. The first-order chi connectivity index (χ1) is 18.3. The molecule has 0 aliphatic rings. The minimum absolute atomic E-state index is 0.249. The molecule has 0 aromatic heterocycles. The third kappa shape index (κ3) is 5.44. The van der Waals surface area contributed by atoms with E-state index in [2.05, 4.69) is 11.3 Å². The van der Waals surface area contributed by atoms with Crippen molar-refractivity contribution in [3.63, 3.8) is 0 Å². The van der Waals surface area contributed by atoms with E-state index in [0.29, 0.717) is 6.92 Å². The maximum absolute atomic E-state index is 14.7. The Morgan fingerprint density at radius 2 is 0.907 bits per heavy atom. The summed E-state index contributed by atoms with van der Waals surface area (Å²) in [4.78, 5) is 11.3. The number of rotatable bonds is 12. The van der Waals surface area contributed by atoms with E-state index in [1.165, 1.54) is 0 Å². The van der Waals surface area contributed by atoms with Crippen LogP contribution in [-0.4, -0.2) is 84.4 Å². The summed E-state index contributed by atoms with van der Waals surface area (Å²) in [6, 6.07) is 0. The summed E-state index contributed by atoms with van der Waals surface area (Å²) in [5, 5.41) is -8.54. The minimum Gasteiger partial charge on any atom is -0.403 e. The Balaban J connectivity index is 7.51. The highest BCUT2D eigenvalue weighted by Crippen LogP contribution is 2.64. The summed E-state index contributed by atoms with van der Waals surface area (Å²) in [7, 11) is -8.82. The van der Waals surface area contributed by atoms with E-state index in [4.69, 9.17) is 0 Å². The third-order valence-corrected chi connectivity index (χ3v) is 6.82. The van der Waals surface area contributed by atoms with Crippen molar-refractivity contribution in [1.29, 1.82) is 0 Å². The van der Waals surface area contributed by atoms with Gasteiger partial charge in [-0.25, -0.2) is 13.2 Å². The lowest BCUT2D eigenvalue weighted by Gasteiger charge is -2.43. The van der Waals surface area contributed by atoms with Gasteiger partial charge in [-0.2, -0.15) is 92.2 Å². The van der Waals surface area contributed by atoms with Gasteiger partial charge < -0.3 is 4.74 Å². The molecule has 0 aliphatic heterocycles. The molecule has 0 rings (SSSR count). The van der Waals surface area contributed by atoms with E-state index in [-0.39, 0.29) is 6.92 Å². The summed E-state index contributed by atoms with van der Waals surface area (Å²) >= 11 is 0. The average molecular weight is 711 g/mol. The molecule has 27 heteroatoms. The fourth-order valence-corrected chi connectivity index (χ4v) is 3.96. The molecule has 0 spiro atoms. The number of nitrogens with zero attached hydrogens (tertiary/aromatic N) is 1. The third-order valence-electron chi connectivity index (χ3n) is 4.84. The van der Waals surface area contributed by atoms with E-state index in [9.17, 15) is 105 Å². The largest absolute Gasteiger partial charge is 0.478 e. The lowest BCUT2D eigenvalue weighted by molar-refractivity contribution is -0.458. The van der Waals surface area contributed by atoms with Gasteiger partial charge in [0.1, 0.15) is 0 Å². The molecule has 1 unspecified atom stereocenters. The van der Waals surface area contributed by atoms with Crippen molar-refractivity contribution in [3.05, 3.63) is 12.2 Å². The Morgan fingerprint density at radius 3 is 1.16 bits per heavy atom. The molecule has 0 aromatic rings. The number of ether oxygens (including phenoxy) is 1. The van der Waals surface area contributed by atoms with Crippen LogP contribution in [0, 0.1) is 0 Å². The molecule has 0 saturated heterocycles. The maximum Gasteiger partial charge on any atom is 0.478 e. The summed E-state index contributed by atoms with van der Waals surface area (Å²) in [6.07, 6.45) is -15.3. The second-order valence-electron chi connectivity index (χ2n) is 7.86. The standard InChI is InChI=1S/C16H10F21NO4S/c1-4-38(16(37,14(32,33)34)42-6(39)5(2)3)43(40,41)15(35,36)12(27,28)10(23,24)8(19,20)7(17,18)9(21,22)11(25,26)13(29,30)31/h2,4H2,1,3H3. The van der Waals surface area contributed by atoms with Crippen molar-refractivity contribution in [1.82, 2.24) is 4.31 Å². The van der Waals surface area contributed by atoms with Gasteiger partial charge in [-0.05, 0) is 6.92 Å². The summed E-state index contributed by atoms with van der Waals surface area (Å²) in [6.45, 7) is -0.0793. The van der Waals surface area contributed by atoms with Crippen LogP contribution in [0.3, 0.4) is 0 Å². The monoisotopic (exact) mass is 711 g/mol. The van der Waals surface area contributed by atoms with E-state index < -0.39 is 91.5 Å². The smallest absolute Gasteiger partial charge is 0.403 e. The van der Waals surface area contributed by atoms with Crippen LogP contribution in [0.4, 0.5) is 92.2 Å². The predicted molar refractivity (Wildman–Crippen MR) is 92.8 cm³/mol. The predicted octanol–water partition coefficient (Wildman–Crippen LogP) is 6.91. The summed E-state index contributed by atoms with van der Waals surface area (Å²) in [5.41, 5.74) is -1.36. The van der Waals surface area contributed by atoms with Crippen molar-refractivity contribution in [2.75, 3.05) is 6.54 Å². The van der Waals surface area contributed by atoms with Gasteiger partial charge in [0.25, 0.3) is 10.0 Å². The second-order valence-corrected chi connectivity index (χ2v) is 9.76. The Bertz CT molecular complexity index is 1190. The summed E-state index contributed by atoms with van der Waals surface area (Å²) < 4.78 is 306. The average Bonchev–Trinajstić information content (AvgIpc) is 2.76. The number of hydrogen-bond donors (Lipinski definition) is 0. The number of esters is 1. The van der Waals surface area contributed by atoms with E-state index in [1.807, 2.05) is 0 Å². The Labute approximate surface area is 223 Å². The zero-order valence-electron chi connectivity index (χ0n) is 19.8. The van der Waals surface area contributed by atoms with Crippen molar-refractivity contribution in [2.24, 2.45) is 0 Å². The van der Waals surface area contributed by atoms with Crippen LogP contribution in [0.1, 0.15) is 13.8 Å². The number of sulfonamides is 1. The highest BCUT2D eigenvalue weighted by molar-refractivity contribution is 7.90. The van der Waals surface area contributed by atoms with Gasteiger partial charge in [-0.3, -0.25) is 0 Å². The molecule has 256 valence electrons. The zero-order chi connectivity index (χ0) is 35.6. The number of alkyl halides is 21. The molecule has 0 N–H and O–H groups in total. The van der Waals surface area contributed by atoms with Gasteiger partial charge in [0.05, 0.1) is 0 Å². The van der Waals surface area contributed by atoms with Crippen molar-refractivity contribution >= 4 is 16.0 Å². The first-order valence-electron chi connectivity index (χ1n) is 9.65. The molecule has 1 atom stereocenters. The molecule has 0 fully saturated rings. The number of halogens is 21. The van der Waals surface area contributed by atoms with Gasteiger partial charge in [0.2, 0.25) is 0 Å². The van der Waals surface area contributed by atoms with Crippen LogP contribution < -0.4 is 0 Å². The molecule has 0 saturated carbocycles. The van der Waals surface area contributed by atoms with Crippen molar-refractivity contribution in [3.8, 4) is 0 Å². The van der Waals surface area contributed by atoms with Gasteiger partial charge >= 0.3 is 65.1 Å². The number of hydrogen-bond acceptors (Lipinski definition) is 4. The molecule has 0 radical (unpaired) electrons. The van der Waals surface area contributed by atoms with Crippen LogP contribution in [0.15, 0.2) is 12.2 Å². The van der Waals surface area contributed by atoms with Crippen LogP contribution in [0.25, 0.3) is 0 Å². The van der Waals surface area contributed by atoms with E-state index in [0.717, 1.165) is 0 Å². The lowest BCUT2D eigenvalue weighted by atomic mass is 9.91. The molecule has 5 nitrogen and oxygen atoms in total. The van der Waals surface area contributed by atoms with Gasteiger partial charge in [-0.1, -0.05) is 13.5 Å². The van der Waals surface area contributed by atoms with Crippen LogP contribution in [0.2, 0.25) is 0 Å². The van der Waals surface area contributed by atoms with Crippen LogP contribution >= 0.6 is 0 Å². The molecule has 0 amide bonds.